The zero-order valence-electron chi connectivity index (χ0n) is 12.8. The molecule has 1 saturated heterocycles. The summed E-state index contributed by atoms with van der Waals surface area (Å²) in [5, 5.41) is 1.45. The van der Waals surface area contributed by atoms with Gasteiger partial charge in [-0.3, -0.25) is 4.99 Å². The third-order valence-electron chi connectivity index (χ3n) is 3.72. The van der Waals surface area contributed by atoms with Crippen molar-refractivity contribution in [1.82, 2.24) is 14.4 Å². The highest BCUT2D eigenvalue weighted by Gasteiger charge is 2.22. The summed E-state index contributed by atoms with van der Waals surface area (Å²) in [6.45, 7) is 1.55. The van der Waals surface area contributed by atoms with E-state index in [-0.39, 0.29) is 18.8 Å². The number of fused-ring (bicyclic) bond motifs is 1. The van der Waals surface area contributed by atoms with Crippen LogP contribution in [0.2, 0.25) is 0 Å². The largest absolute Gasteiger partial charge is 0.487 e. The number of ether oxygens (including phenoxy) is 3. The highest BCUT2D eigenvalue weighted by atomic mass is 35.5. The summed E-state index contributed by atoms with van der Waals surface area (Å²) in [5.41, 5.74) is 0. The van der Waals surface area contributed by atoms with Gasteiger partial charge in [-0.15, -0.1) is 0 Å². The van der Waals surface area contributed by atoms with Gasteiger partial charge >= 0.3 is 6.01 Å². The van der Waals surface area contributed by atoms with E-state index in [0.29, 0.717) is 30.1 Å². The Labute approximate surface area is 143 Å². The minimum absolute atomic E-state index is 0.0106. The number of nitrogens with zero attached hydrogens (tertiary/aromatic N) is 4. The predicted octanol–water partition coefficient (Wildman–Crippen LogP) is 0.835. The highest BCUT2D eigenvalue weighted by molar-refractivity contribution is 6.16. The molecule has 0 aliphatic carbocycles. The van der Waals surface area contributed by atoms with Crippen molar-refractivity contribution in [3.05, 3.63) is 47.2 Å². The quantitative estimate of drug-likeness (QED) is 0.764. The molecule has 2 aromatic rings. The molecule has 0 spiro atoms. The molecule has 1 aromatic carbocycles. The number of hydrogen-bond acceptors (Lipinski definition) is 7. The average Bonchev–Trinajstić information content (AvgIpc) is 3.12. The third kappa shape index (κ3) is 3.00. The fourth-order valence-corrected chi connectivity index (χ4v) is 2.77. The van der Waals surface area contributed by atoms with Crippen molar-refractivity contribution in [2.75, 3.05) is 19.9 Å². The van der Waals surface area contributed by atoms with E-state index in [9.17, 15) is 0 Å². The standard InChI is InChI=1S/C16H15ClN4O3/c17-21-10-20-12-3-1-4-13(23-11-5-8-22-9-11)14(12)15(21)24-16-18-6-2-7-19-16/h1-4,6-7,11H,5,8-10H2. The number of aromatic nitrogens is 2. The first kappa shape index (κ1) is 15.2. The summed E-state index contributed by atoms with van der Waals surface area (Å²) in [5.74, 6) is 1.06. The molecule has 24 heavy (non-hydrogen) atoms. The van der Waals surface area contributed by atoms with Gasteiger partial charge in [-0.1, -0.05) is 6.07 Å². The van der Waals surface area contributed by atoms with Gasteiger partial charge in [0.2, 0.25) is 5.88 Å². The van der Waals surface area contributed by atoms with Gasteiger partial charge in [-0.05, 0) is 18.2 Å². The van der Waals surface area contributed by atoms with Crippen molar-refractivity contribution in [2.24, 2.45) is 4.99 Å². The second kappa shape index (κ2) is 6.62. The zero-order valence-corrected chi connectivity index (χ0v) is 13.5. The van der Waals surface area contributed by atoms with E-state index in [1.165, 1.54) is 4.42 Å². The lowest BCUT2D eigenvalue weighted by Crippen LogP contribution is -2.40. The maximum atomic E-state index is 6.29. The molecule has 0 radical (unpaired) electrons. The van der Waals surface area contributed by atoms with Crippen LogP contribution in [-0.4, -0.2) is 40.4 Å². The second-order valence-corrected chi connectivity index (χ2v) is 5.76. The molecule has 1 aromatic heterocycles. The molecule has 0 N–H and O–H groups in total. The van der Waals surface area contributed by atoms with Crippen molar-refractivity contribution in [3.8, 4) is 11.8 Å². The van der Waals surface area contributed by atoms with Gasteiger partial charge < -0.3 is 14.2 Å². The van der Waals surface area contributed by atoms with E-state index in [0.717, 1.165) is 11.8 Å². The van der Waals surface area contributed by atoms with Crippen LogP contribution in [0.15, 0.2) is 41.7 Å². The van der Waals surface area contributed by atoms with Gasteiger partial charge in [-0.2, -0.15) is 0 Å². The van der Waals surface area contributed by atoms with Crippen LogP contribution in [0, 0.1) is 0 Å². The number of rotatable bonds is 4. The first-order valence-electron chi connectivity index (χ1n) is 7.61. The van der Waals surface area contributed by atoms with Gasteiger partial charge in [0, 0.05) is 30.6 Å². The SMILES string of the molecule is ClN1CN=c2cccc(OC3CCOC3)c2=C1Oc1ncccn1. The van der Waals surface area contributed by atoms with Gasteiger partial charge in [0.25, 0.3) is 0 Å². The molecule has 2 aliphatic heterocycles. The summed E-state index contributed by atoms with van der Waals surface area (Å²) < 4.78 is 18.7. The molecule has 0 bridgehead atoms. The van der Waals surface area contributed by atoms with Crippen molar-refractivity contribution in [1.29, 1.82) is 0 Å². The maximum Gasteiger partial charge on any atom is 0.323 e. The van der Waals surface area contributed by atoms with Crippen LogP contribution in [0.5, 0.6) is 11.8 Å². The number of hydrogen-bond donors (Lipinski definition) is 0. The first-order chi connectivity index (χ1) is 11.8. The smallest absolute Gasteiger partial charge is 0.323 e. The van der Waals surface area contributed by atoms with Crippen LogP contribution in [0.1, 0.15) is 6.42 Å². The van der Waals surface area contributed by atoms with Crippen LogP contribution < -0.4 is 20.0 Å². The molecular formula is C16H15ClN4O3. The van der Waals surface area contributed by atoms with E-state index in [1.807, 2.05) is 18.2 Å². The van der Waals surface area contributed by atoms with Crippen LogP contribution in [-0.2, 0) is 4.74 Å². The molecule has 1 unspecified atom stereocenters. The summed E-state index contributed by atoms with van der Waals surface area (Å²) >= 11 is 6.29. The fraction of sp³-hybridized carbons (Fsp3) is 0.312. The monoisotopic (exact) mass is 346 g/mol. The van der Waals surface area contributed by atoms with E-state index < -0.39 is 0 Å². The van der Waals surface area contributed by atoms with E-state index in [1.54, 1.807) is 18.5 Å². The molecule has 8 heteroatoms. The van der Waals surface area contributed by atoms with Crippen molar-refractivity contribution in [2.45, 2.75) is 12.5 Å². The van der Waals surface area contributed by atoms with Crippen LogP contribution in [0.25, 0.3) is 5.88 Å². The van der Waals surface area contributed by atoms with Crippen LogP contribution in [0.4, 0.5) is 0 Å². The molecule has 0 saturated carbocycles. The lowest BCUT2D eigenvalue weighted by atomic mass is 10.2. The lowest BCUT2D eigenvalue weighted by Gasteiger charge is -2.21. The molecule has 2 aliphatic rings. The van der Waals surface area contributed by atoms with E-state index in [4.69, 9.17) is 26.0 Å². The Bertz CT molecular complexity index is 840. The zero-order chi connectivity index (χ0) is 16.4. The fourth-order valence-electron chi connectivity index (χ4n) is 2.60. The second-order valence-electron chi connectivity index (χ2n) is 5.35. The number of benzene rings is 1. The lowest BCUT2D eigenvalue weighted by molar-refractivity contribution is 0.140. The van der Waals surface area contributed by atoms with Crippen LogP contribution >= 0.6 is 11.8 Å². The Morgan fingerprint density at radius 1 is 1.21 bits per heavy atom. The molecular weight excluding hydrogens is 332 g/mol. The topological polar surface area (TPSA) is 69.1 Å². The highest BCUT2D eigenvalue weighted by Crippen LogP contribution is 2.18. The van der Waals surface area contributed by atoms with Crippen molar-refractivity contribution < 1.29 is 14.2 Å². The van der Waals surface area contributed by atoms with E-state index in [2.05, 4.69) is 15.0 Å². The van der Waals surface area contributed by atoms with Gasteiger partial charge in [0.05, 0.1) is 18.6 Å². The maximum absolute atomic E-state index is 6.29. The Balaban J connectivity index is 1.80. The summed E-state index contributed by atoms with van der Waals surface area (Å²) in [7, 11) is 0. The molecule has 124 valence electrons. The Morgan fingerprint density at radius 3 is 2.88 bits per heavy atom. The molecule has 1 fully saturated rings. The summed E-state index contributed by atoms with van der Waals surface area (Å²) in [6.07, 6.45) is 4.07. The minimum Gasteiger partial charge on any atom is -0.487 e. The van der Waals surface area contributed by atoms with Crippen molar-refractivity contribution >= 4 is 17.7 Å². The van der Waals surface area contributed by atoms with Crippen molar-refractivity contribution in [3.63, 3.8) is 0 Å². The summed E-state index contributed by atoms with van der Waals surface area (Å²) in [6, 6.07) is 7.60. The number of halogens is 1. The van der Waals surface area contributed by atoms with Gasteiger partial charge in [-0.25, -0.2) is 14.4 Å². The molecule has 4 rings (SSSR count). The predicted molar refractivity (Wildman–Crippen MR) is 85.7 cm³/mol. The Hall–Kier alpha value is -2.38. The van der Waals surface area contributed by atoms with Gasteiger partial charge in [0.15, 0.2) is 0 Å². The van der Waals surface area contributed by atoms with Gasteiger partial charge in [0.1, 0.15) is 23.7 Å². The van der Waals surface area contributed by atoms with E-state index >= 15 is 0 Å². The minimum atomic E-state index is 0.0106. The Morgan fingerprint density at radius 2 is 2.08 bits per heavy atom. The molecule has 7 nitrogen and oxygen atoms in total. The Kier molecular flexibility index (Phi) is 4.18. The first-order valence-corrected chi connectivity index (χ1v) is 7.95. The molecule has 0 amide bonds. The third-order valence-corrected chi connectivity index (χ3v) is 3.98. The van der Waals surface area contributed by atoms with Crippen LogP contribution in [0.3, 0.4) is 0 Å². The molecule has 1 atom stereocenters. The summed E-state index contributed by atoms with van der Waals surface area (Å²) in [4.78, 5) is 12.6. The average molecular weight is 347 g/mol. The normalized spacial score (nSPS) is 19.6. The molecule has 3 heterocycles.